The van der Waals surface area contributed by atoms with E-state index in [0.717, 1.165) is 11.4 Å². The van der Waals surface area contributed by atoms with Gasteiger partial charge in [-0.05, 0) is 31.0 Å². The third-order valence-electron chi connectivity index (χ3n) is 2.65. The van der Waals surface area contributed by atoms with Gasteiger partial charge in [0.2, 0.25) is 0 Å². The summed E-state index contributed by atoms with van der Waals surface area (Å²) in [6, 6.07) is 4.31. The number of thioether (sulfide) groups is 1. The van der Waals surface area contributed by atoms with Crippen LogP contribution < -0.4 is 5.32 Å². The molecule has 2 N–H and O–H groups in total. The molecular formula is C12H15NO2S. The predicted molar refractivity (Wildman–Crippen MR) is 66.3 cm³/mol. The maximum Gasteiger partial charge on any atom is 0.305 e. The Bertz CT molecular complexity index is 431. The Hall–Kier alpha value is -1.16. The minimum atomic E-state index is -0.744. The third-order valence-corrected chi connectivity index (χ3v) is 3.86. The lowest BCUT2D eigenvalue weighted by Crippen LogP contribution is -2.29. The number of hydrogen-bond acceptors (Lipinski definition) is 3. The normalized spacial score (nSPS) is 18.8. The first kappa shape index (κ1) is 11.3. The second kappa shape index (κ2) is 4.37. The van der Waals surface area contributed by atoms with E-state index < -0.39 is 5.97 Å². The molecule has 0 saturated heterocycles. The van der Waals surface area contributed by atoms with Crippen LogP contribution >= 0.6 is 11.8 Å². The summed E-state index contributed by atoms with van der Waals surface area (Å²) < 4.78 is 0. The molecule has 0 amide bonds. The van der Waals surface area contributed by atoms with Crippen molar-refractivity contribution in [3.05, 3.63) is 23.3 Å². The van der Waals surface area contributed by atoms with Crippen molar-refractivity contribution in [1.82, 2.24) is 0 Å². The molecule has 1 aliphatic heterocycles. The van der Waals surface area contributed by atoms with E-state index in [0.29, 0.717) is 0 Å². The standard InChI is InChI=1S/C12H15NO2S/c1-7-3-8(2)12-10(4-7)16-6-9(13-12)5-11(14)15/h3-4,9,13H,5-6H2,1-2H3,(H,14,15). The molecule has 0 spiro atoms. The summed E-state index contributed by atoms with van der Waals surface area (Å²) in [5.74, 6) is 0.0775. The van der Waals surface area contributed by atoms with Gasteiger partial charge in [-0.25, -0.2) is 0 Å². The van der Waals surface area contributed by atoms with Gasteiger partial charge in [-0.3, -0.25) is 4.79 Å². The van der Waals surface area contributed by atoms with E-state index in [-0.39, 0.29) is 12.5 Å². The lowest BCUT2D eigenvalue weighted by atomic mass is 10.1. The first-order valence-corrected chi connectivity index (χ1v) is 6.27. The second-order valence-corrected chi connectivity index (χ2v) is 5.27. The number of benzene rings is 1. The average Bonchev–Trinajstić information content (AvgIpc) is 2.18. The van der Waals surface area contributed by atoms with Crippen molar-refractivity contribution in [3.8, 4) is 0 Å². The van der Waals surface area contributed by atoms with E-state index in [1.54, 1.807) is 11.8 Å². The van der Waals surface area contributed by atoms with Crippen molar-refractivity contribution < 1.29 is 9.90 Å². The van der Waals surface area contributed by atoms with Crippen molar-refractivity contribution in [3.63, 3.8) is 0 Å². The number of aliphatic carboxylic acids is 1. The minimum Gasteiger partial charge on any atom is -0.481 e. The number of carboxylic acid groups (broad SMARTS) is 1. The molecule has 16 heavy (non-hydrogen) atoms. The Labute approximate surface area is 99.2 Å². The van der Waals surface area contributed by atoms with Gasteiger partial charge in [0.25, 0.3) is 0 Å². The fraction of sp³-hybridized carbons (Fsp3) is 0.417. The Morgan fingerprint density at radius 1 is 1.56 bits per heavy atom. The van der Waals surface area contributed by atoms with Gasteiger partial charge in [0.15, 0.2) is 0 Å². The molecule has 1 unspecified atom stereocenters. The Kier molecular flexibility index (Phi) is 3.10. The molecule has 1 aliphatic rings. The molecule has 1 atom stereocenters. The van der Waals surface area contributed by atoms with Crippen LogP contribution in [0.1, 0.15) is 17.5 Å². The van der Waals surface area contributed by atoms with Crippen LogP contribution in [0.15, 0.2) is 17.0 Å². The largest absolute Gasteiger partial charge is 0.481 e. The van der Waals surface area contributed by atoms with Crippen LogP contribution in [0.5, 0.6) is 0 Å². The van der Waals surface area contributed by atoms with Gasteiger partial charge in [-0.2, -0.15) is 0 Å². The van der Waals surface area contributed by atoms with Crippen LogP contribution in [0.2, 0.25) is 0 Å². The van der Waals surface area contributed by atoms with E-state index in [4.69, 9.17) is 5.11 Å². The minimum absolute atomic E-state index is 0.0383. The molecule has 0 saturated carbocycles. The fourth-order valence-electron chi connectivity index (χ4n) is 1.98. The van der Waals surface area contributed by atoms with Crippen LogP contribution in [0.3, 0.4) is 0 Å². The fourth-order valence-corrected chi connectivity index (χ4v) is 3.20. The summed E-state index contributed by atoms with van der Waals surface area (Å²) in [6.07, 6.45) is 0.180. The van der Waals surface area contributed by atoms with Gasteiger partial charge in [0.1, 0.15) is 0 Å². The van der Waals surface area contributed by atoms with Gasteiger partial charge in [0, 0.05) is 16.7 Å². The van der Waals surface area contributed by atoms with Crippen molar-refractivity contribution >= 4 is 23.4 Å². The Morgan fingerprint density at radius 2 is 2.31 bits per heavy atom. The average molecular weight is 237 g/mol. The number of carbonyl (C=O) groups is 1. The molecule has 4 heteroatoms. The maximum atomic E-state index is 10.7. The Balaban J connectivity index is 2.23. The summed E-state index contributed by atoms with van der Waals surface area (Å²) in [4.78, 5) is 11.9. The molecule has 1 aromatic carbocycles. The molecule has 1 heterocycles. The molecule has 0 aliphatic carbocycles. The highest BCUT2D eigenvalue weighted by molar-refractivity contribution is 7.99. The number of fused-ring (bicyclic) bond motifs is 1. The number of hydrogen-bond donors (Lipinski definition) is 2. The van der Waals surface area contributed by atoms with Crippen molar-refractivity contribution in [2.45, 2.75) is 31.2 Å². The SMILES string of the molecule is Cc1cc(C)c2c(c1)SCC(CC(=O)O)N2. The smallest absolute Gasteiger partial charge is 0.305 e. The highest BCUT2D eigenvalue weighted by Crippen LogP contribution is 2.36. The molecule has 0 fully saturated rings. The number of rotatable bonds is 2. The number of anilines is 1. The van der Waals surface area contributed by atoms with Gasteiger partial charge in [0.05, 0.1) is 12.1 Å². The zero-order valence-corrected chi connectivity index (χ0v) is 10.2. The molecule has 86 valence electrons. The number of aryl methyl sites for hydroxylation is 2. The molecule has 1 aromatic rings. The molecule has 0 bridgehead atoms. The van der Waals surface area contributed by atoms with Crippen molar-refractivity contribution in [2.24, 2.45) is 0 Å². The summed E-state index contributed by atoms with van der Waals surface area (Å²) in [5, 5.41) is 12.1. The molecule has 0 aromatic heterocycles. The van der Waals surface area contributed by atoms with E-state index in [2.05, 4.69) is 31.3 Å². The quantitative estimate of drug-likeness (QED) is 0.830. The van der Waals surface area contributed by atoms with Crippen molar-refractivity contribution in [2.75, 3.05) is 11.1 Å². The van der Waals surface area contributed by atoms with Crippen LogP contribution in [-0.2, 0) is 4.79 Å². The van der Waals surface area contributed by atoms with Crippen LogP contribution in [0.4, 0.5) is 5.69 Å². The summed E-state index contributed by atoms with van der Waals surface area (Å²) in [7, 11) is 0. The van der Waals surface area contributed by atoms with Gasteiger partial charge >= 0.3 is 5.97 Å². The predicted octanol–water partition coefficient (Wildman–Crippen LogP) is 2.66. The zero-order valence-electron chi connectivity index (χ0n) is 9.41. The maximum absolute atomic E-state index is 10.7. The monoisotopic (exact) mass is 237 g/mol. The van der Waals surface area contributed by atoms with Gasteiger partial charge < -0.3 is 10.4 Å². The lowest BCUT2D eigenvalue weighted by Gasteiger charge is -2.27. The van der Waals surface area contributed by atoms with Gasteiger partial charge in [-0.1, -0.05) is 6.07 Å². The highest BCUT2D eigenvalue weighted by atomic mass is 32.2. The first-order chi connectivity index (χ1) is 7.56. The number of nitrogens with one attached hydrogen (secondary N) is 1. The first-order valence-electron chi connectivity index (χ1n) is 5.28. The van der Waals surface area contributed by atoms with E-state index in [1.807, 2.05) is 0 Å². The lowest BCUT2D eigenvalue weighted by molar-refractivity contribution is -0.137. The summed E-state index contributed by atoms with van der Waals surface area (Å²) >= 11 is 1.74. The summed E-state index contributed by atoms with van der Waals surface area (Å²) in [5.41, 5.74) is 3.55. The van der Waals surface area contributed by atoms with Crippen molar-refractivity contribution in [1.29, 1.82) is 0 Å². The van der Waals surface area contributed by atoms with Crippen LogP contribution in [-0.4, -0.2) is 22.9 Å². The molecule has 3 nitrogen and oxygen atoms in total. The zero-order chi connectivity index (χ0) is 11.7. The van der Waals surface area contributed by atoms with Crippen LogP contribution in [0, 0.1) is 13.8 Å². The number of carboxylic acids is 1. The summed E-state index contributed by atoms with van der Waals surface area (Å²) in [6.45, 7) is 4.14. The van der Waals surface area contributed by atoms with E-state index >= 15 is 0 Å². The van der Waals surface area contributed by atoms with Crippen LogP contribution in [0.25, 0.3) is 0 Å². The third kappa shape index (κ3) is 2.32. The van der Waals surface area contributed by atoms with E-state index in [1.165, 1.54) is 16.0 Å². The topological polar surface area (TPSA) is 49.3 Å². The molecule has 0 radical (unpaired) electrons. The molecule has 2 rings (SSSR count). The van der Waals surface area contributed by atoms with E-state index in [9.17, 15) is 4.79 Å². The second-order valence-electron chi connectivity index (χ2n) is 4.21. The Morgan fingerprint density at radius 3 is 3.00 bits per heavy atom. The molecular weight excluding hydrogens is 222 g/mol. The van der Waals surface area contributed by atoms with Gasteiger partial charge in [-0.15, -0.1) is 11.8 Å². The highest BCUT2D eigenvalue weighted by Gasteiger charge is 2.21.